The number of aryl methyl sites for hydroxylation is 1. The minimum absolute atomic E-state index is 0.124. The first-order valence-corrected chi connectivity index (χ1v) is 6.28. The van der Waals surface area contributed by atoms with Gasteiger partial charge in [-0.25, -0.2) is 8.78 Å². The molecule has 3 nitrogen and oxygen atoms in total. The molecule has 0 aromatic heterocycles. The zero-order valence-electron chi connectivity index (χ0n) is 11.3. The van der Waals surface area contributed by atoms with E-state index >= 15 is 0 Å². The molecule has 0 saturated heterocycles. The maximum Gasteiger partial charge on any atom is 0.159 e. The second-order valence-corrected chi connectivity index (χ2v) is 4.59. The van der Waals surface area contributed by atoms with Gasteiger partial charge in [-0.1, -0.05) is 12.1 Å². The zero-order valence-corrected chi connectivity index (χ0v) is 11.3. The standard InChI is InChI=1S/C16H13F2NO2/c1-10-2-3-11(8-19)6-16(10)21-9-15(20)12-4-5-13(17)14(18)7-12/h2-7,15,20H,9H2,1H3. The highest BCUT2D eigenvalue weighted by Crippen LogP contribution is 2.22. The van der Waals surface area contributed by atoms with Crippen LogP contribution in [-0.4, -0.2) is 11.7 Å². The van der Waals surface area contributed by atoms with Crippen LogP contribution in [0.15, 0.2) is 36.4 Å². The molecule has 0 heterocycles. The van der Waals surface area contributed by atoms with Crippen LogP contribution in [0.1, 0.15) is 22.8 Å². The van der Waals surface area contributed by atoms with E-state index < -0.39 is 17.7 Å². The van der Waals surface area contributed by atoms with Crippen LogP contribution in [0, 0.1) is 29.9 Å². The fourth-order valence-corrected chi connectivity index (χ4v) is 1.81. The summed E-state index contributed by atoms with van der Waals surface area (Å²) < 4.78 is 31.4. The number of halogens is 2. The summed E-state index contributed by atoms with van der Waals surface area (Å²) >= 11 is 0. The van der Waals surface area contributed by atoms with Crippen LogP contribution in [0.4, 0.5) is 8.78 Å². The van der Waals surface area contributed by atoms with Crippen molar-refractivity contribution < 1.29 is 18.6 Å². The minimum atomic E-state index is -1.09. The number of ether oxygens (including phenoxy) is 1. The quantitative estimate of drug-likeness (QED) is 0.940. The average molecular weight is 289 g/mol. The van der Waals surface area contributed by atoms with Gasteiger partial charge in [0, 0.05) is 0 Å². The molecule has 0 spiro atoms. The smallest absolute Gasteiger partial charge is 0.159 e. The van der Waals surface area contributed by atoms with Crippen LogP contribution in [0.3, 0.4) is 0 Å². The third-order valence-electron chi connectivity index (χ3n) is 3.04. The van der Waals surface area contributed by atoms with E-state index in [-0.39, 0.29) is 12.2 Å². The summed E-state index contributed by atoms with van der Waals surface area (Å²) in [6.07, 6.45) is -1.09. The van der Waals surface area contributed by atoms with E-state index in [2.05, 4.69) is 0 Å². The van der Waals surface area contributed by atoms with Crippen LogP contribution in [0.2, 0.25) is 0 Å². The Morgan fingerprint density at radius 2 is 1.95 bits per heavy atom. The van der Waals surface area contributed by atoms with Crippen LogP contribution < -0.4 is 4.74 Å². The third-order valence-corrected chi connectivity index (χ3v) is 3.04. The number of benzene rings is 2. The van der Waals surface area contributed by atoms with Crippen LogP contribution in [-0.2, 0) is 0 Å². The Labute approximate surface area is 121 Å². The Morgan fingerprint density at radius 3 is 2.62 bits per heavy atom. The molecule has 0 amide bonds. The Bertz CT molecular complexity index is 695. The molecular weight excluding hydrogens is 276 g/mol. The number of aliphatic hydroxyl groups is 1. The van der Waals surface area contributed by atoms with E-state index in [1.165, 1.54) is 6.07 Å². The third kappa shape index (κ3) is 3.56. The van der Waals surface area contributed by atoms with Crippen molar-refractivity contribution in [3.05, 3.63) is 64.7 Å². The summed E-state index contributed by atoms with van der Waals surface area (Å²) in [7, 11) is 0. The van der Waals surface area contributed by atoms with Gasteiger partial charge in [-0.3, -0.25) is 0 Å². The van der Waals surface area contributed by atoms with E-state index in [4.69, 9.17) is 10.00 Å². The van der Waals surface area contributed by atoms with Crippen molar-refractivity contribution in [1.82, 2.24) is 0 Å². The molecule has 0 aliphatic heterocycles. The highest BCUT2D eigenvalue weighted by atomic mass is 19.2. The number of rotatable bonds is 4. The predicted octanol–water partition coefficient (Wildman–Crippen LogP) is 3.26. The van der Waals surface area contributed by atoms with Gasteiger partial charge in [0.2, 0.25) is 0 Å². The van der Waals surface area contributed by atoms with Gasteiger partial charge in [0.15, 0.2) is 11.6 Å². The number of hydrogen-bond donors (Lipinski definition) is 1. The molecule has 2 aromatic carbocycles. The highest BCUT2D eigenvalue weighted by Gasteiger charge is 2.12. The van der Waals surface area contributed by atoms with Crippen molar-refractivity contribution in [1.29, 1.82) is 5.26 Å². The number of aliphatic hydroxyl groups excluding tert-OH is 1. The molecular formula is C16H13F2NO2. The summed E-state index contributed by atoms with van der Waals surface area (Å²) in [5.41, 5.74) is 1.48. The van der Waals surface area contributed by atoms with Gasteiger partial charge in [-0.05, 0) is 42.3 Å². The largest absolute Gasteiger partial charge is 0.490 e. The Hall–Kier alpha value is -2.45. The molecule has 1 atom stereocenters. The van der Waals surface area contributed by atoms with Crippen molar-refractivity contribution in [3.63, 3.8) is 0 Å². The van der Waals surface area contributed by atoms with Crippen molar-refractivity contribution in [2.75, 3.05) is 6.61 Å². The monoisotopic (exact) mass is 289 g/mol. The van der Waals surface area contributed by atoms with Crippen LogP contribution >= 0.6 is 0 Å². The van der Waals surface area contributed by atoms with Gasteiger partial charge < -0.3 is 9.84 Å². The highest BCUT2D eigenvalue weighted by molar-refractivity contribution is 5.41. The summed E-state index contributed by atoms with van der Waals surface area (Å²) in [5, 5.41) is 18.8. The molecule has 21 heavy (non-hydrogen) atoms. The maximum atomic E-state index is 13.1. The van der Waals surface area contributed by atoms with Crippen LogP contribution in [0.25, 0.3) is 0 Å². The lowest BCUT2D eigenvalue weighted by molar-refractivity contribution is 0.107. The van der Waals surface area contributed by atoms with Gasteiger partial charge in [0.25, 0.3) is 0 Å². The van der Waals surface area contributed by atoms with E-state index in [9.17, 15) is 13.9 Å². The van der Waals surface area contributed by atoms with Crippen molar-refractivity contribution in [3.8, 4) is 11.8 Å². The fourth-order valence-electron chi connectivity index (χ4n) is 1.81. The summed E-state index contributed by atoms with van der Waals surface area (Å²) in [5.74, 6) is -1.52. The molecule has 1 unspecified atom stereocenters. The molecule has 0 aliphatic carbocycles. The number of nitrogens with zero attached hydrogens (tertiary/aromatic N) is 1. The summed E-state index contributed by atoms with van der Waals surface area (Å²) in [6, 6.07) is 10.1. The molecule has 1 N–H and O–H groups in total. The molecule has 0 aliphatic rings. The molecule has 2 rings (SSSR count). The normalized spacial score (nSPS) is 11.8. The molecule has 0 radical (unpaired) electrons. The van der Waals surface area contributed by atoms with E-state index in [1.54, 1.807) is 25.1 Å². The first-order valence-electron chi connectivity index (χ1n) is 6.28. The first-order chi connectivity index (χ1) is 10.0. The first kappa shape index (κ1) is 14.9. The number of nitriles is 1. The summed E-state index contributed by atoms with van der Waals surface area (Å²) in [4.78, 5) is 0. The zero-order chi connectivity index (χ0) is 15.4. The van der Waals surface area contributed by atoms with Crippen molar-refractivity contribution >= 4 is 0 Å². The average Bonchev–Trinajstić information content (AvgIpc) is 2.49. The Kier molecular flexibility index (Phi) is 4.51. The van der Waals surface area contributed by atoms with Gasteiger partial charge in [-0.2, -0.15) is 5.26 Å². The lowest BCUT2D eigenvalue weighted by atomic mass is 10.1. The number of hydrogen-bond acceptors (Lipinski definition) is 3. The van der Waals surface area contributed by atoms with E-state index in [1.807, 2.05) is 6.07 Å². The molecule has 0 fully saturated rings. The predicted molar refractivity (Wildman–Crippen MR) is 72.7 cm³/mol. The van der Waals surface area contributed by atoms with Gasteiger partial charge in [0.1, 0.15) is 18.5 Å². The van der Waals surface area contributed by atoms with Crippen molar-refractivity contribution in [2.45, 2.75) is 13.0 Å². The van der Waals surface area contributed by atoms with Gasteiger partial charge in [0.05, 0.1) is 11.6 Å². The van der Waals surface area contributed by atoms with Crippen LogP contribution in [0.5, 0.6) is 5.75 Å². The lowest BCUT2D eigenvalue weighted by Crippen LogP contribution is -2.11. The van der Waals surface area contributed by atoms with E-state index in [0.717, 1.165) is 17.7 Å². The van der Waals surface area contributed by atoms with Gasteiger partial charge in [-0.15, -0.1) is 0 Å². The minimum Gasteiger partial charge on any atom is -0.490 e. The van der Waals surface area contributed by atoms with Crippen molar-refractivity contribution in [2.24, 2.45) is 0 Å². The van der Waals surface area contributed by atoms with Gasteiger partial charge >= 0.3 is 0 Å². The summed E-state index contributed by atoms with van der Waals surface area (Å²) in [6.45, 7) is 1.68. The second-order valence-electron chi connectivity index (χ2n) is 4.59. The molecule has 0 saturated carbocycles. The Morgan fingerprint density at radius 1 is 1.19 bits per heavy atom. The topological polar surface area (TPSA) is 53.2 Å². The van der Waals surface area contributed by atoms with E-state index in [0.29, 0.717) is 11.3 Å². The lowest BCUT2D eigenvalue weighted by Gasteiger charge is -2.14. The second kappa shape index (κ2) is 6.33. The molecule has 108 valence electrons. The maximum absolute atomic E-state index is 13.1. The Balaban J connectivity index is 2.09. The molecule has 0 bridgehead atoms. The molecule has 5 heteroatoms. The molecule has 2 aromatic rings. The fraction of sp³-hybridized carbons (Fsp3) is 0.188. The SMILES string of the molecule is Cc1ccc(C#N)cc1OCC(O)c1ccc(F)c(F)c1.